The van der Waals surface area contributed by atoms with Crippen molar-refractivity contribution in [3.8, 4) is 0 Å². The molecule has 1 aromatic carbocycles. The SMILES string of the molecule is C[C@H](C(=O)NC1CC1)[NH+](C)Cc1ccc(F)cc1. The van der Waals surface area contributed by atoms with Gasteiger partial charge in [0.05, 0.1) is 7.05 Å². The van der Waals surface area contributed by atoms with Crippen LogP contribution in [0.1, 0.15) is 25.3 Å². The number of likely N-dealkylation sites (N-methyl/N-ethyl adjacent to an activating group) is 1. The largest absolute Gasteiger partial charge is 0.348 e. The van der Waals surface area contributed by atoms with Crippen LogP contribution in [0.5, 0.6) is 0 Å². The normalized spacial score (nSPS) is 18.2. The maximum Gasteiger partial charge on any atom is 0.278 e. The van der Waals surface area contributed by atoms with Crippen LogP contribution in [0, 0.1) is 5.82 Å². The van der Waals surface area contributed by atoms with Crippen LogP contribution in [0.15, 0.2) is 24.3 Å². The summed E-state index contributed by atoms with van der Waals surface area (Å²) in [6.45, 7) is 2.65. The van der Waals surface area contributed by atoms with Crippen LogP contribution in [0.3, 0.4) is 0 Å². The van der Waals surface area contributed by atoms with Crippen LogP contribution in [-0.4, -0.2) is 25.0 Å². The van der Waals surface area contributed by atoms with Gasteiger partial charge in [-0.1, -0.05) is 12.1 Å². The second-order valence-electron chi connectivity index (χ2n) is 5.15. The average molecular weight is 251 g/mol. The quantitative estimate of drug-likeness (QED) is 0.785. The smallest absolute Gasteiger partial charge is 0.278 e. The Balaban J connectivity index is 1.87. The predicted molar refractivity (Wildman–Crippen MR) is 67.6 cm³/mol. The van der Waals surface area contributed by atoms with E-state index in [0.717, 1.165) is 29.8 Å². The van der Waals surface area contributed by atoms with Crippen molar-refractivity contribution in [3.05, 3.63) is 35.6 Å². The van der Waals surface area contributed by atoms with Gasteiger partial charge in [-0.2, -0.15) is 0 Å². The molecule has 1 saturated carbocycles. The Bertz CT molecular complexity index is 414. The lowest BCUT2D eigenvalue weighted by molar-refractivity contribution is -0.908. The van der Waals surface area contributed by atoms with Gasteiger partial charge in [0.25, 0.3) is 5.91 Å². The molecular weight excluding hydrogens is 231 g/mol. The third kappa shape index (κ3) is 3.53. The number of carbonyl (C=O) groups is 1. The molecule has 18 heavy (non-hydrogen) atoms. The van der Waals surface area contributed by atoms with Gasteiger partial charge >= 0.3 is 0 Å². The van der Waals surface area contributed by atoms with Crippen molar-refractivity contribution in [1.29, 1.82) is 0 Å². The predicted octanol–water partition coefficient (Wildman–Crippen LogP) is 0.508. The molecular formula is C14H20FN2O+. The fourth-order valence-electron chi connectivity index (χ4n) is 1.85. The summed E-state index contributed by atoms with van der Waals surface area (Å²) in [6.07, 6.45) is 2.21. The fraction of sp³-hybridized carbons (Fsp3) is 0.500. The van der Waals surface area contributed by atoms with E-state index >= 15 is 0 Å². The molecule has 4 heteroatoms. The Labute approximate surface area is 107 Å². The molecule has 1 aliphatic carbocycles. The number of rotatable bonds is 5. The van der Waals surface area contributed by atoms with Crippen molar-refractivity contribution in [2.24, 2.45) is 0 Å². The molecule has 1 fully saturated rings. The van der Waals surface area contributed by atoms with E-state index in [0.29, 0.717) is 6.04 Å². The van der Waals surface area contributed by atoms with Gasteiger partial charge in [-0.25, -0.2) is 4.39 Å². The lowest BCUT2D eigenvalue weighted by Crippen LogP contribution is -3.12. The molecule has 98 valence electrons. The summed E-state index contributed by atoms with van der Waals surface area (Å²) in [5.74, 6) is -0.118. The Morgan fingerprint density at radius 3 is 2.61 bits per heavy atom. The summed E-state index contributed by atoms with van der Waals surface area (Å²) in [4.78, 5) is 13.0. The van der Waals surface area contributed by atoms with Crippen LogP contribution in [0.4, 0.5) is 4.39 Å². The molecule has 0 saturated heterocycles. The highest BCUT2D eigenvalue weighted by Crippen LogP contribution is 2.18. The van der Waals surface area contributed by atoms with Gasteiger partial charge in [-0.05, 0) is 31.9 Å². The van der Waals surface area contributed by atoms with Gasteiger partial charge in [0.15, 0.2) is 6.04 Å². The Morgan fingerprint density at radius 1 is 1.44 bits per heavy atom. The summed E-state index contributed by atoms with van der Waals surface area (Å²) in [7, 11) is 1.99. The van der Waals surface area contributed by atoms with Crippen molar-refractivity contribution in [1.82, 2.24) is 5.32 Å². The first kappa shape index (κ1) is 13.0. The minimum Gasteiger partial charge on any atom is -0.348 e. The summed E-state index contributed by atoms with van der Waals surface area (Å²) in [5, 5.41) is 3.01. The summed E-state index contributed by atoms with van der Waals surface area (Å²) in [5.41, 5.74) is 1.04. The molecule has 1 amide bonds. The van der Waals surface area contributed by atoms with E-state index in [1.165, 1.54) is 12.1 Å². The molecule has 0 radical (unpaired) electrons. The molecule has 0 heterocycles. The molecule has 3 nitrogen and oxygen atoms in total. The molecule has 0 spiro atoms. The molecule has 2 atom stereocenters. The first-order chi connectivity index (χ1) is 8.56. The van der Waals surface area contributed by atoms with E-state index in [-0.39, 0.29) is 17.8 Å². The number of nitrogens with one attached hydrogen (secondary N) is 2. The Kier molecular flexibility index (Phi) is 3.97. The first-order valence-electron chi connectivity index (χ1n) is 6.43. The standard InChI is InChI=1S/C14H19FN2O/c1-10(14(18)16-13-7-8-13)17(2)9-11-3-5-12(15)6-4-11/h3-6,10,13H,7-9H2,1-2H3,(H,16,18)/p+1/t10-/m1/s1. The Morgan fingerprint density at radius 2 is 2.06 bits per heavy atom. The number of hydrogen-bond acceptors (Lipinski definition) is 1. The zero-order valence-corrected chi connectivity index (χ0v) is 10.9. The first-order valence-corrected chi connectivity index (χ1v) is 6.43. The summed E-state index contributed by atoms with van der Waals surface area (Å²) in [6, 6.07) is 6.76. The van der Waals surface area contributed by atoms with Crippen LogP contribution in [0.25, 0.3) is 0 Å². The molecule has 1 unspecified atom stereocenters. The van der Waals surface area contributed by atoms with Crippen molar-refractivity contribution < 1.29 is 14.1 Å². The Hall–Kier alpha value is -1.42. The van der Waals surface area contributed by atoms with Crippen LogP contribution >= 0.6 is 0 Å². The zero-order valence-electron chi connectivity index (χ0n) is 10.9. The summed E-state index contributed by atoms with van der Waals surface area (Å²) >= 11 is 0. The van der Waals surface area contributed by atoms with Crippen molar-refractivity contribution >= 4 is 5.91 Å². The molecule has 0 aliphatic heterocycles. The maximum absolute atomic E-state index is 12.8. The van der Waals surface area contributed by atoms with Crippen LogP contribution < -0.4 is 10.2 Å². The third-order valence-corrected chi connectivity index (χ3v) is 3.45. The van der Waals surface area contributed by atoms with Crippen molar-refractivity contribution in [2.75, 3.05) is 7.05 Å². The lowest BCUT2D eigenvalue weighted by Gasteiger charge is -2.21. The molecule has 0 aromatic heterocycles. The number of quaternary nitrogens is 1. The lowest BCUT2D eigenvalue weighted by atomic mass is 10.2. The average Bonchev–Trinajstić information content (AvgIpc) is 3.15. The summed E-state index contributed by atoms with van der Waals surface area (Å²) < 4.78 is 12.8. The van der Waals surface area contributed by atoms with Crippen LogP contribution in [-0.2, 0) is 11.3 Å². The number of carbonyl (C=O) groups excluding carboxylic acids is 1. The second-order valence-corrected chi connectivity index (χ2v) is 5.15. The molecule has 1 aliphatic rings. The maximum atomic E-state index is 12.8. The van der Waals surface area contributed by atoms with Gasteiger partial charge < -0.3 is 10.2 Å². The minimum atomic E-state index is -0.226. The number of benzene rings is 1. The molecule has 1 aromatic rings. The van der Waals surface area contributed by atoms with Gasteiger partial charge in [0.2, 0.25) is 0 Å². The third-order valence-electron chi connectivity index (χ3n) is 3.45. The zero-order chi connectivity index (χ0) is 13.1. The number of amides is 1. The number of hydrogen-bond donors (Lipinski definition) is 2. The molecule has 2 rings (SSSR count). The van der Waals surface area contributed by atoms with E-state index in [9.17, 15) is 9.18 Å². The van der Waals surface area contributed by atoms with E-state index in [1.54, 1.807) is 12.1 Å². The molecule has 2 N–H and O–H groups in total. The minimum absolute atomic E-state index is 0.0874. The second kappa shape index (κ2) is 5.48. The monoisotopic (exact) mass is 251 g/mol. The molecule has 0 bridgehead atoms. The van der Waals surface area contributed by atoms with Gasteiger partial charge in [-0.15, -0.1) is 0 Å². The van der Waals surface area contributed by atoms with E-state index in [4.69, 9.17) is 0 Å². The topological polar surface area (TPSA) is 33.5 Å². The van der Waals surface area contributed by atoms with E-state index in [2.05, 4.69) is 5.32 Å². The van der Waals surface area contributed by atoms with E-state index in [1.807, 2.05) is 14.0 Å². The van der Waals surface area contributed by atoms with E-state index < -0.39 is 0 Å². The van der Waals surface area contributed by atoms with Crippen molar-refractivity contribution in [2.45, 2.75) is 38.4 Å². The highest BCUT2D eigenvalue weighted by atomic mass is 19.1. The van der Waals surface area contributed by atoms with Gasteiger partial charge in [-0.3, -0.25) is 4.79 Å². The van der Waals surface area contributed by atoms with Gasteiger partial charge in [0, 0.05) is 11.6 Å². The van der Waals surface area contributed by atoms with Gasteiger partial charge in [0.1, 0.15) is 12.4 Å². The highest BCUT2D eigenvalue weighted by Gasteiger charge is 2.29. The van der Waals surface area contributed by atoms with Crippen LogP contribution in [0.2, 0.25) is 0 Å². The fourth-order valence-corrected chi connectivity index (χ4v) is 1.85. The number of halogens is 1. The van der Waals surface area contributed by atoms with Crippen molar-refractivity contribution in [3.63, 3.8) is 0 Å². The highest BCUT2D eigenvalue weighted by molar-refractivity contribution is 5.80.